The zero-order valence-electron chi connectivity index (χ0n) is 19.4. The lowest BCUT2D eigenvalue weighted by atomic mass is 9.95. The fourth-order valence-electron chi connectivity index (χ4n) is 5.52. The van der Waals surface area contributed by atoms with E-state index < -0.39 is 0 Å². The number of hydrogen-bond donors (Lipinski definition) is 0. The van der Waals surface area contributed by atoms with Gasteiger partial charge in [0.25, 0.3) is 0 Å². The summed E-state index contributed by atoms with van der Waals surface area (Å²) in [4.78, 5) is 17.6. The lowest BCUT2D eigenvalue weighted by molar-refractivity contribution is -0.137. The van der Waals surface area contributed by atoms with Crippen molar-refractivity contribution in [2.45, 2.75) is 51.6 Å². The maximum absolute atomic E-state index is 13.8. The number of nitrogens with zero attached hydrogens (tertiary/aromatic N) is 3. The van der Waals surface area contributed by atoms with Gasteiger partial charge in [-0.25, -0.2) is 4.39 Å². The number of amides is 1. The molecule has 0 aliphatic carbocycles. The average Bonchev–Trinajstić information content (AvgIpc) is 2.99. The quantitative estimate of drug-likeness (QED) is 0.521. The van der Waals surface area contributed by atoms with Gasteiger partial charge in [0, 0.05) is 43.3 Å². The number of para-hydroxylation sites is 1. The summed E-state index contributed by atoms with van der Waals surface area (Å²) >= 11 is 0. The van der Waals surface area contributed by atoms with Gasteiger partial charge in [-0.3, -0.25) is 9.69 Å². The molecule has 2 aliphatic rings. The van der Waals surface area contributed by atoms with Crippen LogP contribution >= 0.6 is 0 Å². The van der Waals surface area contributed by atoms with Gasteiger partial charge in [0.05, 0.1) is 0 Å². The highest BCUT2D eigenvalue weighted by molar-refractivity contribution is 5.81. The molecule has 2 fully saturated rings. The predicted molar refractivity (Wildman–Crippen MR) is 130 cm³/mol. The summed E-state index contributed by atoms with van der Waals surface area (Å²) in [5, 5.41) is 1.22. The molecule has 0 unspecified atom stereocenters. The van der Waals surface area contributed by atoms with E-state index in [9.17, 15) is 9.18 Å². The first-order valence-electron chi connectivity index (χ1n) is 12.5. The van der Waals surface area contributed by atoms with E-state index in [1.165, 1.54) is 35.5 Å². The number of piperidine rings is 1. The van der Waals surface area contributed by atoms with E-state index in [4.69, 9.17) is 0 Å². The number of carbonyl (C=O) groups excluding carboxylic acids is 1. The van der Waals surface area contributed by atoms with Crippen molar-refractivity contribution in [2.75, 3.05) is 26.2 Å². The summed E-state index contributed by atoms with van der Waals surface area (Å²) in [6, 6.07) is 17.6. The van der Waals surface area contributed by atoms with Gasteiger partial charge in [-0.15, -0.1) is 0 Å². The molecule has 0 atom stereocenters. The van der Waals surface area contributed by atoms with Crippen molar-refractivity contribution in [2.24, 2.45) is 5.92 Å². The number of carbonyl (C=O) groups is 1. The van der Waals surface area contributed by atoms with Gasteiger partial charge in [-0.2, -0.15) is 0 Å². The van der Waals surface area contributed by atoms with Crippen LogP contribution in [0.1, 0.15) is 49.8 Å². The smallest absolute Gasteiger partial charge is 0.225 e. The molecule has 0 bridgehead atoms. The number of aromatic nitrogens is 1. The van der Waals surface area contributed by atoms with Crippen LogP contribution in [0.4, 0.5) is 4.39 Å². The Labute approximate surface area is 196 Å². The van der Waals surface area contributed by atoms with Gasteiger partial charge in [0.2, 0.25) is 5.91 Å². The third kappa shape index (κ3) is 5.14. The standard InChI is InChI=1S/C28H34FN3O/c29-25-10-7-8-22(18-25)20-32-26(19-24-9-3-4-11-27(24)32)21-30-16-12-23(13-17-30)28(33)31-14-5-1-2-6-15-31/h3-4,7-11,18-19,23H,1-2,5-6,12-17,20-21H2. The Morgan fingerprint density at radius 1 is 0.848 bits per heavy atom. The first kappa shape index (κ1) is 22.1. The van der Waals surface area contributed by atoms with Gasteiger partial charge >= 0.3 is 0 Å². The topological polar surface area (TPSA) is 28.5 Å². The molecule has 5 rings (SSSR count). The van der Waals surface area contributed by atoms with E-state index >= 15 is 0 Å². The van der Waals surface area contributed by atoms with Crippen LogP contribution in [-0.2, 0) is 17.9 Å². The zero-order valence-corrected chi connectivity index (χ0v) is 19.4. The van der Waals surface area contributed by atoms with E-state index in [1.54, 1.807) is 12.1 Å². The monoisotopic (exact) mass is 447 g/mol. The molecule has 2 aromatic carbocycles. The van der Waals surface area contributed by atoms with E-state index in [2.05, 4.69) is 44.7 Å². The summed E-state index contributed by atoms with van der Waals surface area (Å²) in [5.41, 5.74) is 3.40. The molecule has 3 heterocycles. The van der Waals surface area contributed by atoms with Crippen LogP contribution in [-0.4, -0.2) is 46.5 Å². The van der Waals surface area contributed by atoms with Gasteiger partial charge < -0.3 is 9.47 Å². The summed E-state index contributed by atoms with van der Waals surface area (Å²) < 4.78 is 16.1. The molecular formula is C28H34FN3O. The van der Waals surface area contributed by atoms with Crippen LogP contribution < -0.4 is 0 Å². The number of benzene rings is 2. The van der Waals surface area contributed by atoms with E-state index in [0.29, 0.717) is 12.5 Å². The van der Waals surface area contributed by atoms with Gasteiger partial charge in [0.15, 0.2) is 0 Å². The van der Waals surface area contributed by atoms with Crippen molar-refractivity contribution in [3.63, 3.8) is 0 Å². The van der Waals surface area contributed by atoms with Crippen LogP contribution in [0.5, 0.6) is 0 Å². The minimum Gasteiger partial charge on any atom is -0.342 e. The normalized spacial score (nSPS) is 18.5. The molecule has 1 amide bonds. The number of likely N-dealkylation sites (tertiary alicyclic amines) is 2. The molecule has 0 saturated carbocycles. The molecule has 5 heteroatoms. The van der Waals surface area contributed by atoms with E-state index in [1.807, 2.05) is 6.07 Å². The summed E-state index contributed by atoms with van der Waals surface area (Å²) in [7, 11) is 0. The highest BCUT2D eigenvalue weighted by atomic mass is 19.1. The third-order valence-electron chi connectivity index (χ3n) is 7.37. The molecule has 1 aromatic heterocycles. The molecular weight excluding hydrogens is 413 g/mol. The Kier molecular flexibility index (Phi) is 6.77. The van der Waals surface area contributed by atoms with E-state index in [0.717, 1.165) is 64.0 Å². The van der Waals surface area contributed by atoms with Crippen LogP contribution in [0.15, 0.2) is 54.6 Å². The van der Waals surface area contributed by atoms with Gasteiger partial charge in [0.1, 0.15) is 5.82 Å². The van der Waals surface area contributed by atoms with Crippen molar-refractivity contribution in [1.29, 1.82) is 0 Å². The van der Waals surface area contributed by atoms with Crippen LogP contribution in [0.3, 0.4) is 0 Å². The highest BCUT2D eigenvalue weighted by Gasteiger charge is 2.29. The lowest BCUT2D eigenvalue weighted by Gasteiger charge is -2.34. The minimum atomic E-state index is -0.193. The zero-order chi connectivity index (χ0) is 22.6. The third-order valence-corrected chi connectivity index (χ3v) is 7.37. The number of halogens is 1. The number of rotatable bonds is 5. The van der Waals surface area contributed by atoms with Crippen LogP contribution in [0.2, 0.25) is 0 Å². The fourth-order valence-corrected chi connectivity index (χ4v) is 5.52. The first-order valence-corrected chi connectivity index (χ1v) is 12.5. The van der Waals surface area contributed by atoms with Gasteiger partial charge in [-0.1, -0.05) is 43.2 Å². The van der Waals surface area contributed by atoms with Crippen LogP contribution in [0, 0.1) is 11.7 Å². The molecule has 3 aromatic rings. The first-order chi connectivity index (χ1) is 16.2. The number of hydrogen-bond acceptors (Lipinski definition) is 2. The summed E-state index contributed by atoms with van der Waals surface area (Å²) in [6.45, 7) is 5.30. The van der Waals surface area contributed by atoms with Crippen molar-refractivity contribution < 1.29 is 9.18 Å². The Balaban J connectivity index is 1.27. The molecule has 33 heavy (non-hydrogen) atoms. The summed E-state index contributed by atoms with van der Waals surface area (Å²) in [6.07, 6.45) is 6.71. The lowest BCUT2D eigenvalue weighted by Crippen LogP contribution is -2.42. The maximum Gasteiger partial charge on any atom is 0.225 e. The second-order valence-corrected chi connectivity index (χ2v) is 9.70. The van der Waals surface area contributed by atoms with Crippen molar-refractivity contribution >= 4 is 16.8 Å². The highest BCUT2D eigenvalue weighted by Crippen LogP contribution is 2.26. The fraction of sp³-hybridized carbons (Fsp3) is 0.464. The molecule has 0 N–H and O–H groups in total. The average molecular weight is 448 g/mol. The Bertz CT molecular complexity index is 1090. The largest absolute Gasteiger partial charge is 0.342 e. The van der Waals surface area contributed by atoms with Crippen molar-refractivity contribution in [3.8, 4) is 0 Å². The molecule has 0 radical (unpaired) electrons. The molecule has 2 aliphatic heterocycles. The molecule has 2 saturated heterocycles. The Morgan fingerprint density at radius 3 is 2.36 bits per heavy atom. The maximum atomic E-state index is 13.8. The Morgan fingerprint density at radius 2 is 1.61 bits per heavy atom. The van der Waals surface area contributed by atoms with Gasteiger partial charge in [-0.05, 0) is 74.0 Å². The van der Waals surface area contributed by atoms with Crippen LogP contribution in [0.25, 0.3) is 10.9 Å². The number of fused-ring (bicyclic) bond motifs is 1. The van der Waals surface area contributed by atoms with E-state index in [-0.39, 0.29) is 11.7 Å². The SMILES string of the molecule is O=C(C1CCN(Cc2cc3ccccc3n2Cc2cccc(F)c2)CC1)N1CCCCCC1. The molecule has 174 valence electrons. The second kappa shape index (κ2) is 10.1. The molecule has 0 spiro atoms. The minimum absolute atomic E-state index is 0.178. The van der Waals surface area contributed by atoms with Crippen molar-refractivity contribution in [1.82, 2.24) is 14.4 Å². The Hall–Kier alpha value is -2.66. The predicted octanol–water partition coefficient (Wildman–Crippen LogP) is 5.44. The second-order valence-electron chi connectivity index (χ2n) is 9.70. The van der Waals surface area contributed by atoms with Crippen molar-refractivity contribution in [3.05, 3.63) is 71.7 Å². The summed E-state index contributed by atoms with van der Waals surface area (Å²) in [5.74, 6) is 0.371. The molecule has 4 nitrogen and oxygen atoms in total.